The molecule has 0 fully saturated rings. The zero-order valence-electron chi connectivity index (χ0n) is 14.0. The number of rotatable bonds is 10. The minimum atomic E-state index is -1.22. The van der Waals surface area contributed by atoms with Crippen LogP contribution in [0.5, 0.6) is 0 Å². The molecule has 1 unspecified atom stereocenters. The third-order valence-electron chi connectivity index (χ3n) is 2.83. The van der Waals surface area contributed by atoms with Crippen molar-refractivity contribution in [3.63, 3.8) is 0 Å². The van der Waals surface area contributed by atoms with Gasteiger partial charge in [-0.2, -0.15) is 5.26 Å². The maximum atomic E-state index is 11.2. The van der Waals surface area contributed by atoms with Crippen LogP contribution in [0, 0.1) is 11.3 Å². The quantitative estimate of drug-likeness (QED) is 0.458. The van der Waals surface area contributed by atoms with Gasteiger partial charge in [0, 0.05) is 32.6 Å². The highest BCUT2D eigenvalue weighted by Gasteiger charge is 2.27. The molecule has 0 aromatic heterocycles. The molecule has 21 heavy (non-hydrogen) atoms. The first-order valence-electron chi connectivity index (χ1n) is 7.24. The summed E-state index contributed by atoms with van der Waals surface area (Å²) in [7, 11) is 0.523. The second kappa shape index (κ2) is 10.9. The van der Waals surface area contributed by atoms with Crippen LogP contribution in [0.25, 0.3) is 0 Å². The number of nitriles is 1. The van der Waals surface area contributed by atoms with Crippen LogP contribution in [0.4, 0.5) is 0 Å². The van der Waals surface area contributed by atoms with E-state index in [-0.39, 0.29) is 18.0 Å². The molecule has 7 heteroatoms. The number of nitrogens with zero attached hydrogens (tertiary/aromatic N) is 3. The molecule has 0 N–H and O–H groups in total. The summed E-state index contributed by atoms with van der Waals surface area (Å²) in [5, 5.41) is 8.62. The van der Waals surface area contributed by atoms with Gasteiger partial charge >= 0.3 is 0 Å². The lowest BCUT2D eigenvalue weighted by molar-refractivity contribution is -0.127. The van der Waals surface area contributed by atoms with Crippen LogP contribution in [0.1, 0.15) is 41.0 Å². The number of hydrogen-bond donors (Lipinski definition) is 0. The summed E-state index contributed by atoms with van der Waals surface area (Å²) in [6.07, 6.45) is 0.347. The Balaban J connectivity index is 4.57. The molecule has 0 radical (unpaired) electrons. The Hall–Kier alpha value is -0.730. The summed E-state index contributed by atoms with van der Waals surface area (Å²) in [5.74, 6) is 0.0119. The van der Waals surface area contributed by atoms with Gasteiger partial charge in [0.1, 0.15) is 0 Å². The summed E-state index contributed by atoms with van der Waals surface area (Å²) in [5.41, 5.74) is 0. The van der Waals surface area contributed by atoms with E-state index in [0.717, 1.165) is 0 Å². The number of amides is 1. The van der Waals surface area contributed by atoms with Gasteiger partial charge in [0.2, 0.25) is 5.91 Å². The molecule has 1 atom stereocenters. The van der Waals surface area contributed by atoms with Crippen molar-refractivity contribution >= 4 is 14.4 Å². The fourth-order valence-corrected chi connectivity index (χ4v) is 3.31. The number of likely N-dealkylation sites (N-methyl/N-ethyl adjacent to an activating group) is 1. The minimum Gasteiger partial charge on any atom is -0.344 e. The van der Waals surface area contributed by atoms with Crippen molar-refractivity contribution in [1.82, 2.24) is 9.57 Å². The van der Waals surface area contributed by atoms with E-state index < -0.39 is 8.53 Å². The highest BCUT2D eigenvalue weighted by molar-refractivity contribution is 7.44. The van der Waals surface area contributed by atoms with E-state index in [1.807, 2.05) is 0 Å². The van der Waals surface area contributed by atoms with Crippen LogP contribution in [-0.4, -0.2) is 54.4 Å². The van der Waals surface area contributed by atoms with Gasteiger partial charge in [0.25, 0.3) is 8.53 Å². The van der Waals surface area contributed by atoms with Crippen LogP contribution in [-0.2, 0) is 13.8 Å². The molecule has 0 aliphatic heterocycles. The van der Waals surface area contributed by atoms with E-state index in [9.17, 15) is 4.79 Å². The van der Waals surface area contributed by atoms with E-state index in [1.54, 1.807) is 11.9 Å². The Kier molecular flexibility index (Phi) is 10.5. The zero-order valence-corrected chi connectivity index (χ0v) is 14.9. The van der Waals surface area contributed by atoms with Crippen LogP contribution in [0.2, 0.25) is 0 Å². The fraction of sp³-hybridized carbons (Fsp3) is 0.857. The molecule has 0 heterocycles. The average molecular weight is 317 g/mol. The zero-order chi connectivity index (χ0) is 16.4. The standard InChI is InChI=1S/C14H28N3O3P/c1-12(2)17(13(3)4)21(19-10-7-8-15)20-11-9-16(6)14(5)18/h12-13H,7,9-11H2,1-6H3. The summed E-state index contributed by atoms with van der Waals surface area (Å²) in [6, 6.07) is 2.63. The predicted octanol–water partition coefficient (Wildman–Crippen LogP) is 2.76. The summed E-state index contributed by atoms with van der Waals surface area (Å²) in [4.78, 5) is 12.8. The molecule has 0 rings (SSSR count). The first kappa shape index (κ1) is 20.3. The van der Waals surface area contributed by atoms with E-state index in [4.69, 9.17) is 14.3 Å². The molecule has 0 spiro atoms. The molecule has 0 aliphatic rings. The Morgan fingerprint density at radius 3 is 2.14 bits per heavy atom. The van der Waals surface area contributed by atoms with Crippen molar-refractivity contribution in [3.05, 3.63) is 0 Å². The number of carbonyl (C=O) groups excluding carboxylic acids is 1. The van der Waals surface area contributed by atoms with Gasteiger partial charge < -0.3 is 13.9 Å². The smallest absolute Gasteiger partial charge is 0.259 e. The topological polar surface area (TPSA) is 65.8 Å². The summed E-state index contributed by atoms with van der Waals surface area (Å²) < 4.78 is 13.8. The summed E-state index contributed by atoms with van der Waals surface area (Å²) in [6.45, 7) is 11.2. The van der Waals surface area contributed by atoms with Gasteiger partial charge in [0.15, 0.2) is 0 Å². The molecule has 1 amide bonds. The van der Waals surface area contributed by atoms with Crippen molar-refractivity contribution in [2.45, 2.75) is 53.1 Å². The second-order valence-electron chi connectivity index (χ2n) is 5.32. The van der Waals surface area contributed by atoms with Gasteiger partial charge in [-0.3, -0.25) is 4.79 Å². The average Bonchev–Trinajstić information content (AvgIpc) is 2.37. The number of carbonyl (C=O) groups is 1. The SMILES string of the molecule is CC(=O)N(C)CCOP(OCCC#N)N(C(C)C)C(C)C. The lowest BCUT2D eigenvalue weighted by Crippen LogP contribution is -2.34. The van der Waals surface area contributed by atoms with E-state index in [1.165, 1.54) is 6.92 Å². The molecule has 0 saturated heterocycles. The normalized spacial score (nSPS) is 12.8. The van der Waals surface area contributed by atoms with Crippen LogP contribution >= 0.6 is 8.53 Å². The van der Waals surface area contributed by atoms with E-state index in [2.05, 4.69) is 38.4 Å². The van der Waals surface area contributed by atoms with Gasteiger partial charge in [-0.05, 0) is 27.7 Å². The lowest BCUT2D eigenvalue weighted by Gasteiger charge is -2.35. The Labute approximate surface area is 130 Å². The van der Waals surface area contributed by atoms with E-state index >= 15 is 0 Å². The molecule has 0 bridgehead atoms. The molecule has 0 aromatic rings. The minimum absolute atomic E-state index is 0.0119. The molecular formula is C14H28N3O3P. The van der Waals surface area contributed by atoms with Gasteiger partial charge in [-0.25, -0.2) is 4.67 Å². The van der Waals surface area contributed by atoms with Crippen molar-refractivity contribution in [2.75, 3.05) is 26.8 Å². The first-order chi connectivity index (χ1) is 9.81. The molecular weight excluding hydrogens is 289 g/mol. The Morgan fingerprint density at radius 2 is 1.71 bits per heavy atom. The lowest BCUT2D eigenvalue weighted by atomic mass is 10.3. The highest BCUT2D eigenvalue weighted by atomic mass is 31.2. The fourth-order valence-electron chi connectivity index (χ4n) is 1.73. The summed E-state index contributed by atoms with van der Waals surface area (Å²) >= 11 is 0. The van der Waals surface area contributed by atoms with E-state index in [0.29, 0.717) is 26.2 Å². The van der Waals surface area contributed by atoms with Crippen LogP contribution in [0.15, 0.2) is 0 Å². The molecule has 6 nitrogen and oxygen atoms in total. The Bertz CT molecular complexity index is 337. The monoisotopic (exact) mass is 317 g/mol. The van der Waals surface area contributed by atoms with Gasteiger partial charge in [-0.1, -0.05) is 0 Å². The maximum Gasteiger partial charge on any atom is 0.259 e. The highest BCUT2D eigenvalue weighted by Crippen LogP contribution is 2.45. The van der Waals surface area contributed by atoms with Crippen LogP contribution in [0.3, 0.4) is 0 Å². The maximum absolute atomic E-state index is 11.2. The third-order valence-corrected chi connectivity index (χ3v) is 4.94. The van der Waals surface area contributed by atoms with Gasteiger partial charge in [0.05, 0.1) is 25.7 Å². The Morgan fingerprint density at radius 1 is 1.19 bits per heavy atom. The molecule has 122 valence electrons. The van der Waals surface area contributed by atoms with Crippen LogP contribution < -0.4 is 0 Å². The number of hydrogen-bond acceptors (Lipinski definition) is 5. The second-order valence-corrected chi connectivity index (χ2v) is 6.77. The largest absolute Gasteiger partial charge is 0.344 e. The molecule has 0 aromatic carbocycles. The molecule has 0 saturated carbocycles. The van der Waals surface area contributed by atoms with Crippen molar-refractivity contribution < 1.29 is 13.8 Å². The van der Waals surface area contributed by atoms with Gasteiger partial charge in [-0.15, -0.1) is 0 Å². The predicted molar refractivity (Wildman–Crippen MR) is 84.5 cm³/mol. The van der Waals surface area contributed by atoms with Crippen molar-refractivity contribution in [3.8, 4) is 6.07 Å². The first-order valence-corrected chi connectivity index (χ1v) is 8.37. The third kappa shape index (κ3) is 8.33. The van der Waals surface area contributed by atoms with Crippen molar-refractivity contribution in [1.29, 1.82) is 5.26 Å². The molecule has 0 aliphatic carbocycles. The van der Waals surface area contributed by atoms with Crippen molar-refractivity contribution in [2.24, 2.45) is 0 Å².